The van der Waals surface area contributed by atoms with E-state index < -0.39 is 0 Å². The molecule has 6 rings (SSSR count). The summed E-state index contributed by atoms with van der Waals surface area (Å²) in [5.74, 6) is 0. The Morgan fingerprint density at radius 1 is 0.556 bits per heavy atom. The molecule has 0 radical (unpaired) electrons. The SMILES string of the molecule is Cc1cc(-c2ccc3cc(-c4cccc(B5OC(C)(C)C(C)(C)O5)c4)ccc3c2)c2ccccc2c1. The maximum absolute atomic E-state index is 6.28. The summed E-state index contributed by atoms with van der Waals surface area (Å²) in [7, 11) is -0.359. The molecule has 0 amide bonds. The first-order chi connectivity index (χ1) is 17.2. The van der Waals surface area contributed by atoms with Gasteiger partial charge < -0.3 is 9.31 Å². The average molecular weight is 470 g/mol. The first-order valence-electron chi connectivity index (χ1n) is 12.7. The van der Waals surface area contributed by atoms with Gasteiger partial charge in [0.05, 0.1) is 11.2 Å². The molecule has 1 fully saturated rings. The Labute approximate surface area is 214 Å². The Morgan fingerprint density at radius 2 is 1.19 bits per heavy atom. The average Bonchev–Trinajstić information content (AvgIpc) is 3.09. The first kappa shape index (κ1) is 23.0. The maximum atomic E-state index is 6.28. The van der Waals surface area contributed by atoms with Crippen LogP contribution in [0.1, 0.15) is 33.3 Å². The predicted molar refractivity (Wildman–Crippen MR) is 153 cm³/mol. The van der Waals surface area contributed by atoms with Crippen LogP contribution in [0, 0.1) is 6.92 Å². The van der Waals surface area contributed by atoms with E-state index in [1.54, 1.807) is 0 Å². The second kappa shape index (κ2) is 8.33. The minimum atomic E-state index is -0.359. The summed E-state index contributed by atoms with van der Waals surface area (Å²) in [6.45, 7) is 10.5. The third-order valence-corrected chi connectivity index (χ3v) is 7.90. The quantitative estimate of drug-likeness (QED) is 0.249. The molecule has 0 bridgehead atoms. The summed E-state index contributed by atoms with van der Waals surface area (Å²) in [6, 6.07) is 35.2. The molecule has 5 aromatic carbocycles. The first-order valence-corrected chi connectivity index (χ1v) is 12.7. The normalized spacial score (nSPS) is 16.6. The van der Waals surface area contributed by atoms with Crippen molar-refractivity contribution in [3.63, 3.8) is 0 Å². The van der Waals surface area contributed by atoms with Gasteiger partial charge >= 0.3 is 7.12 Å². The zero-order chi connectivity index (χ0) is 25.1. The van der Waals surface area contributed by atoms with Gasteiger partial charge in [0.15, 0.2) is 0 Å². The molecule has 1 aliphatic heterocycles. The molecule has 3 heteroatoms. The van der Waals surface area contributed by atoms with Crippen molar-refractivity contribution in [3.8, 4) is 22.3 Å². The van der Waals surface area contributed by atoms with Crippen LogP contribution in [0.3, 0.4) is 0 Å². The van der Waals surface area contributed by atoms with E-state index in [0.29, 0.717) is 0 Å². The lowest BCUT2D eigenvalue weighted by Crippen LogP contribution is -2.41. The summed E-state index contributed by atoms with van der Waals surface area (Å²) in [5, 5.41) is 5.04. The smallest absolute Gasteiger partial charge is 0.399 e. The molecule has 1 saturated heterocycles. The van der Waals surface area contributed by atoms with E-state index in [-0.39, 0.29) is 18.3 Å². The van der Waals surface area contributed by atoms with Crippen molar-refractivity contribution < 1.29 is 9.31 Å². The van der Waals surface area contributed by atoms with Gasteiger partial charge in [-0.2, -0.15) is 0 Å². The van der Waals surface area contributed by atoms with Crippen molar-refractivity contribution in [2.24, 2.45) is 0 Å². The predicted octanol–water partition coefficient (Wildman–Crippen LogP) is 7.93. The Kier molecular flexibility index (Phi) is 5.33. The van der Waals surface area contributed by atoms with Gasteiger partial charge in [-0.3, -0.25) is 0 Å². The fourth-order valence-electron chi connectivity index (χ4n) is 5.14. The minimum absolute atomic E-state index is 0.350. The number of hydrogen-bond acceptors (Lipinski definition) is 2. The van der Waals surface area contributed by atoms with Crippen molar-refractivity contribution in [1.82, 2.24) is 0 Å². The third kappa shape index (κ3) is 3.93. The van der Waals surface area contributed by atoms with Crippen molar-refractivity contribution in [1.29, 1.82) is 0 Å². The van der Waals surface area contributed by atoms with Crippen LogP contribution >= 0.6 is 0 Å². The highest BCUT2D eigenvalue weighted by molar-refractivity contribution is 6.62. The standard InChI is InChI=1S/C33H31BO2/c1-22-17-27-9-6-7-12-30(27)31(18-22)28-16-15-25-19-24(13-14-26(25)20-28)23-10-8-11-29(21-23)34-35-32(2,3)33(4,5)36-34/h6-21H,1-5H3. The largest absolute Gasteiger partial charge is 0.494 e. The van der Waals surface area contributed by atoms with E-state index in [1.807, 2.05) is 0 Å². The van der Waals surface area contributed by atoms with Crippen LogP contribution in [0.4, 0.5) is 0 Å². The van der Waals surface area contributed by atoms with Gasteiger partial charge in [0.2, 0.25) is 0 Å². The number of rotatable bonds is 3. The van der Waals surface area contributed by atoms with Crippen LogP contribution in [-0.4, -0.2) is 18.3 Å². The second-order valence-electron chi connectivity index (χ2n) is 11.0. The van der Waals surface area contributed by atoms with Crippen LogP contribution in [-0.2, 0) is 9.31 Å². The molecule has 0 atom stereocenters. The van der Waals surface area contributed by atoms with Gasteiger partial charge in [-0.15, -0.1) is 0 Å². The molecule has 1 heterocycles. The molecule has 5 aromatic rings. The van der Waals surface area contributed by atoms with E-state index in [1.165, 1.54) is 43.8 Å². The fraction of sp³-hybridized carbons (Fsp3) is 0.212. The van der Waals surface area contributed by atoms with Gasteiger partial charge in [-0.25, -0.2) is 0 Å². The number of fused-ring (bicyclic) bond motifs is 2. The van der Waals surface area contributed by atoms with Gasteiger partial charge in [0.1, 0.15) is 0 Å². The molecule has 36 heavy (non-hydrogen) atoms. The molecular formula is C33H31BO2. The summed E-state index contributed by atoms with van der Waals surface area (Å²) in [6.07, 6.45) is 0. The van der Waals surface area contributed by atoms with E-state index in [4.69, 9.17) is 9.31 Å². The Bertz CT molecular complexity index is 1600. The van der Waals surface area contributed by atoms with E-state index in [9.17, 15) is 0 Å². The number of aryl methyl sites for hydroxylation is 1. The van der Waals surface area contributed by atoms with Crippen molar-refractivity contribution >= 4 is 34.1 Å². The maximum Gasteiger partial charge on any atom is 0.494 e. The van der Waals surface area contributed by atoms with Crippen LogP contribution in [0.15, 0.2) is 97.1 Å². The van der Waals surface area contributed by atoms with Gasteiger partial charge in [0.25, 0.3) is 0 Å². The van der Waals surface area contributed by atoms with E-state index >= 15 is 0 Å². The number of benzene rings is 5. The summed E-state index contributed by atoms with van der Waals surface area (Å²) < 4.78 is 12.6. The molecule has 0 aliphatic carbocycles. The summed E-state index contributed by atoms with van der Waals surface area (Å²) in [4.78, 5) is 0. The minimum Gasteiger partial charge on any atom is -0.399 e. The van der Waals surface area contributed by atoms with E-state index in [2.05, 4.69) is 132 Å². The Balaban J connectivity index is 1.35. The monoisotopic (exact) mass is 470 g/mol. The Morgan fingerprint density at radius 3 is 1.94 bits per heavy atom. The molecule has 2 nitrogen and oxygen atoms in total. The van der Waals surface area contributed by atoms with Gasteiger partial charge in [-0.05, 0) is 102 Å². The third-order valence-electron chi connectivity index (χ3n) is 7.90. The highest BCUT2D eigenvalue weighted by atomic mass is 16.7. The van der Waals surface area contributed by atoms with Crippen LogP contribution < -0.4 is 5.46 Å². The molecule has 0 saturated carbocycles. The molecular weight excluding hydrogens is 439 g/mol. The van der Waals surface area contributed by atoms with Crippen molar-refractivity contribution in [3.05, 3.63) is 103 Å². The molecule has 1 aliphatic rings. The zero-order valence-corrected chi connectivity index (χ0v) is 21.6. The highest BCUT2D eigenvalue weighted by Gasteiger charge is 2.51. The van der Waals surface area contributed by atoms with Crippen LogP contribution in [0.5, 0.6) is 0 Å². The number of hydrogen-bond donors (Lipinski definition) is 0. The van der Waals surface area contributed by atoms with Crippen LogP contribution in [0.25, 0.3) is 43.8 Å². The fourth-order valence-corrected chi connectivity index (χ4v) is 5.14. The lowest BCUT2D eigenvalue weighted by molar-refractivity contribution is 0.00578. The van der Waals surface area contributed by atoms with Crippen molar-refractivity contribution in [2.45, 2.75) is 45.8 Å². The lowest BCUT2D eigenvalue weighted by atomic mass is 9.78. The topological polar surface area (TPSA) is 18.5 Å². The molecule has 0 unspecified atom stereocenters. The summed E-state index contributed by atoms with van der Waals surface area (Å²) in [5.41, 5.74) is 6.51. The van der Waals surface area contributed by atoms with Gasteiger partial charge in [-0.1, -0.05) is 84.9 Å². The van der Waals surface area contributed by atoms with Crippen molar-refractivity contribution in [2.75, 3.05) is 0 Å². The molecule has 178 valence electrons. The van der Waals surface area contributed by atoms with Crippen LogP contribution in [0.2, 0.25) is 0 Å². The molecule has 0 spiro atoms. The second-order valence-corrected chi connectivity index (χ2v) is 11.0. The highest BCUT2D eigenvalue weighted by Crippen LogP contribution is 2.37. The lowest BCUT2D eigenvalue weighted by Gasteiger charge is -2.32. The summed E-state index contributed by atoms with van der Waals surface area (Å²) >= 11 is 0. The molecule has 0 aromatic heterocycles. The Hall–Kier alpha value is -3.40. The zero-order valence-electron chi connectivity index (χ0n) is 21.6. The molecule has 0 N–H and O–H groups in total. The van der Waals surface area contributed by atoms with E-state index in [0.717, 1.165) is 11.0 Å². The van der Waals surface area contributed by atoms with Gasteiger partial charge in [0, 0.05) is 0 Å².